The predicted octanol–water partition coefficient (Wildman–Crippen LogP) is 3.69. The molecule has 0 bridgehead atoms. The molecule has 1 aliphatic rings. The number of aromatic carboxylic acids is 1. The number of hydrogen-bond acceptors (Lipinski definition) is 7. The summed E-state index contributed by atoms with van der Waals surface area (Å²) in [4.78, 5) is 18.4. The number of para-hydroxylation sites is 1. The van der Waals surface area contributed by atoms with Gasteiger partial charge in [0.25, 0.3) is 6.01 Å². The monoisotopic (exact) mass is 425 g/mol. The maximum absolute atomic E-state index is 11.6. The van der Waals surface area contributed by atoms with Crippen molar-refractivity contribution in [2.75, 3.05) is 31.7 Å². The number of hydrogen-bond donors (Lipinski definition) is 2. The summed E-state index contributed by atoms with van der Waals surface area (Å²) in [5.41, 5.74) is 1.99. The van der Waals surface area contributed by atoms with Crippen molar-refractivity contribution in [3.63, 3.8) is 0 Å². The van der Waals surface area contributed by atoms with Crippen LogP contribution < -0.4 is 19.7 Å². The zero-order chi connectivity index (χ0) is 21.8. The van der Waals surface area contributed by atoms with Gasteiger partial charge in [0.05, 0.1) is 13.7 Å². The molecule has 0 radical (unpaired) electrons. The minimum atomic E-state index is -1.03. The summed E-state index contributed by atoms with van der Waals surface area (Å²) in [6, 6.07) is 11.5. The van der Waals surface area contributed by atoms with Gasteiger partial charge in [-0.05, 0) is 62.7 Å². The van der Waals surface area contributed by atoms with Gasteiger partial charge in [0.1, 0.15) is 11.1 Å². The first-order valence-corrected chi connectivity index (χ1v) is 10.5. The zero-order valence-electron chi connectivity index (χ0n) is 17.8. The van der Waals surface area contributed by atoms with Gasteiger partial charge in [0.15, 0.2) is 17.1 Å². The molecule has 4 rings (SSSR count). The summed E-state index contributed by atoms with van der Waals surface area (Å²) < 4.78 is 17.2. The van der Waals surface area contributed by atoms with E-state index in [0.29, 0.717) is 41.8 Å². The number of carboxylic acid groups (broad SMARTS) is 1. The molecular weight excluding hydrogens is 398 g/mol. The van der Waals surface area contributed by atoms with Crippen molar-refractivity contribution in [2.24, 2.45) is 0 Å². The summed E-state index contributed by atoms with van der Waals surface area (Å²) in [5.74, 6) is 0.351. The second kappa shape index (κ2) is 9.26. The van der Waals surface area contributed by atoms with Crippen LogP contribution in [0.15, 0.2) is 40.8 Å². The number of fused-ring (bicyclic) bond motifs is 1. The van der Waals surface area contributed by atoms with E-state index < -0.39 is 5.97 Å². The Hall–Kier alpha value is -3.26. The molecule has 8 heteroatoms. The Kier molecular flexibility index (Phi) is 6.27. The number of rotatable bonds is 8. The topological polar surface area (TPSA) is 97.1 Å². The molecule has 0 amide bonds. The number of carboxylic acids is 1. The fourth-order valence-electron chi connectivity index (χ4n) is 3.98. The second-order valence-corrected chi connectivity index (χ2v) is 7.48. The van der Waals surface area contributed by atoms with Crippen LogP contribution >= 0.6 is 0 Å². The highest BCUT2D eigenvalue weighted by molar-refractivity contribution is 6.00. The summed E-state index contributed by atoms with van der Waals surface area (Å²) in [5, 5.41) is 12.9. The molecule has 1 aromatic heterocycles. The van der Waals surface area contributed by atoms with Crippen molar-refractivity contribution in [3.05, 3.63) is 47.5 Å². The number of oxazole rings is 1. The van der Waals surface area contributed by atoms with Gasteiger partial charge in [-0.25, -0.2) is 4.79 Å². The Morgan fingerprint density at radius 2 is 2.06 bits per heavy atom. The Labute approximate surface area is 180 Å². The van der Waals surface area contributed by atoms with E-state index in [1.165, 1.54) is 6.07 Å². The van der Waals surface area contributed by atoms with Crippen molar-refractivity contribution in [3.8, 4) is 11.5 Å². The highest BCUT2D eigenvalue weighted by Crippen LogP contribution is 2.32. The van der Waals surface area contributed by atoms with Crippen LogP contribution in [0.2, 0.25) is 0 Å². The zero-order valence-corrected chi connectivity index (χ0v) is 17.8. The van der Waals surface area contributed by atoms with E-state index >= 15 is 0 Å². The highest BCUT2D eigenvalue weighted by atomic mass is 16.5. The van der Waals surface area contributed by atoms with E-state index in [-0.39, 0.29) is 11.6 Å². The number of piperidine rings is 1. The quantitative estimate of drug-likeness (QED) is 0.564. The Balaban J connectivity index is 1.72. The van der Waals surface area contributed by atoms with Crippen LogP contribution in [0.4, 0.5) is 6.01 Å². The fourth-order valence-corrected chi connectivity index (χ4v) is 3.98. The summed E-state index contributed by atoms with van der Waals surface area (Å²) in [6.07, 6.45) is 1.89. The molecule has 0 spiro atoms. The largest absolute Gasteiger partial charge is 0.493 e. The van der Waals surface area contributed by atoms with Crippen molar-refractivity contribution in [1.82, 2.24) is 10.3 Å². The first kappa shape index (κ1) is 21.0. The predicted molar refractivity (Wildman–Crippen MR) is 117 cm³/mol. The van der Waals surface area contributed by atoms with Crippen LogP contribution in [0.25, 0.3) is 11.1 Å². The van der Waals surface area contributed by atoms with Crippen LogP contribution in [-0.2, 0) is 6.54 Å². The number of aromatic nitrogens is 1. The van der Waals surface area contributed by atoms with Crippen molar-refractivity contribution in [1.29, 1.82) is 0 Å². The average Bonchev–Trinajstić information content (AvgIpc) is 3.22. The number of nitrogens with zero attached hydrogens (tertiary/aromatic N) is 2. The molecular formula is C23H27N3O5. The number of methoxy groups -OCH3 is 1. The van der Waals surface area contributed by atoms with Crippen LogP contribution in [0, 0.1) is 0 Å². The fraction of sp³-hybridized carbons (Fsp3) is 0.391. The summed E-state index contributed by atoms with van der Waals surface area (Å²) >= 11 is 0. The number of ether oxygens (including phenoxy) is 2. The van der Waals surface area contributed by atoms with Crippen molar-refractivity contribution >= 4 is 23.1 Å². The summed E-state index contributed by atoms with van der Waals surface area (Å²) in [6.45, 7) is 4.86. The highest BCUT2D eigenvalue weighted by Gasteiger charge is 2.27. The molecule has 164 valence electrons. The summed E-state index contributed by atoms with van der Waals surface area (Å²) in [7, 11) is 1.62. The molecule has 1 fully saturated rings. The molecule has 2 aromatic carbocycles. The van der Waals surface area contributed by atoms with Crippen molar-refractivity contribution in [2.45, 2.75) is 32.4 Å². The van der Waals surface area contributed by atoms with Gasteiger partial charge < -0.3 is 29.2 Å². The first-order valence-electron chi connectivity index (χ1n) is 10.5. The molecule has 1 aliphatic heterocycles. The third kappa shape index (κ3) is 4.44. The SMILES string of the molecule is CCOc1cc(CN(c2nc3cccc(C(=O)O)c3o2)C2CCNCC2)ccc1OC. The van der Waals surface area contributed by atoms with E-state index in [1.54, 1.807) is 19.2 Å². The van der Waals surface area contributed by atoms with Crippen LogP contribution in [0.1, 0.15) is 35.7 Å². The lowest BCUT2D eigenvalue weighted by Crippen LogP contribution is -2.43. The first-order chi connectivity index (χ1) is 15.1. The smallest absolute Gasteiger partial charge is 0.339 e. The number of benzene rings is 2. The molecule has 31 heavy (non-hydrogen) atoms. The number of nitrogens with one attached hydrogen (secondary N) is 1. The van der Waals surface area contributed by atoms with E-state index in [4.69, 9.17) is 13.9 Å². The third-order valence-electron chi connectivity index (χ3n) is 5.51. The molecule has 0 saturated carbocycles. The van der Waals surface area contributed by atoms with E-state index in [1.807, 2.05) is 25.1 Å². The molecule has 0 atom stereocenters. The maximum atomic E-state index is 11.6. The molecule has 3 aromatic rings. The van der Waals surface area contributed by atoms with Gasteiger partial charge >= 0.3 is 5.97 Å². The average molecular weight is 425 g/mol. The maximum Gasteiger partial charge on any atom is 0.339 e. The molecule has 2 heterocycles. The van der Waals surface area contributed by atoms with Gasteiger partial charge in [-0.3, -0.25) is 0 Å². The number of carbonyl (C=O) groups is 1. The van der Waals surface area contributed by atoms with Crippen LogP contribution in [-0.4, -0.2) is 48.9 Å². The second-order valence-electron chi connectivity index (χ2n) is 7.48. The molecule has 0 aliphatic carbocycles. The van der Waals surface area contributed by atoms with Crippen LogP contribution in [0.3, 0.4) is 0 Å². The molecule has 2 N–H and O–H groups in total. The van der Waals surface area contributed by atoms with Gasteiger partial charge in [-0.2, -0.15) is 4.98 Å². The normalized spacial score (nSPS) is 14.5. The van der Waals surface area contributed by atoms with E-state index in [9.17, 15) is 9.90 Å². The van der Waals surface area contributed by atoms with Crippen molar-refractivity contribution < 1.29 is 23.8 Å². The third-order valence-corrected chi connectivity index (χ3v) is 5.51. The lowest BCUT2D eigenvalue weighted by molar-refractivity contribution is 0.0698. The Bertz CT molecular complexity index is 1060. The van der Waals surface area contributed by atoms with Gasteiger partial charge in [-0.15, -0.1) is 0 Å². The molecule has 1 saturated heterocycles. The number of anilines is 1. The Morgan fingerprint density at radius 3 is 2.77 bits per heavy atom. The molecule has 0 unspecified atom stereocenters. The van der Waals surface area contributed by atoms with Gasteiger partial charge in [0, 0.05) is 12.6 Å². The minimum Gasteiger partial charge on any atom is -0.493 e. The lowest BCUT2D eigenvalue weighted by atomic mass is 10.0. The molecule has 8 nitrogen and oxygen atoms in total. The van der Waals surface area contributed by atoms with Gasteiger partial charge in [0.2, 0.25) is 0 Å². The van der Waals surface area contributed by atoms with Crippen LogP contribution in [0.5, 0.6) is 11.5 Å². The Morgan fingerprint density at radius 1 is 1.26 bits per heavy atom. The van der Waals surface area contributed by atoms with E-state index in [0.717, 1.165) is 31.5 Å². The lowest BCUT2D eigenvalue weighted by Gasteiger charge is -2.33. The minimum absolute atomic E-state index is 0.115. The van der Waals surface area contributed by atoms with Gasteiger partial charge in [-0.1, -0.05) is 12.1 Å². The standard InChI is InChI=1S/C23H27N3O5/c1-3-30-20-13-15(7-8-19(20)29-2)14-26(16-9-11-24-12-10-16)23-25-18-6-4-5-17(22(27)28)21(18)31-23/h4-8,13,16,24H,3,9-12,14H2,1-2H3,(H,27,28). The van der Waals surface area contributed by atoms with E-state index in [2.05, 4.69) is 15.2 Å².